The van der Waals surface area contributed by atoms with Crippen LogP contribution in [-0.2, 0) is 4.79 Å². The number of piperidine rings is 3. The van der Waals surface area contributed by atoms with Crippen LogP contribution in [0.15, 0.2) is 18.2 Å². The van der Waals surface area contributed by atoms with Crippen molar-refractivity contribution < 1.29 is 14.3 Å². The summed E-state index contributed by atoms with van der Waals surface area (Å²) in [5.41, 5.74) is 0.946. The predicted octanol–water partition coefficient (Wildman–Crippen LogP) is 2.85. The van der Waals surface area contributed by atoms with Gasteiger partial charge in [0.15, 0.2) is 11.5 Å². The molecule has 0 radical (unpaired) electrons. The molecule has 4 saturated heterocycles. The van der Waals surface area contributed by atoms with Gasteiger partial charge in [-0.15, -0.1) is 0 Å². The Morgan fingerprint density at radius 2 is 1.81 bits per heavy atom. The van der Waals surface area contributed by atoms with E-state index in [1.807, 2.05) is 26.8 Å². The Hall–Kier alpha value is -1.75. The Bertz CT molecular complexity index is 733. The average molecular weight is 356 g/mol. The van der Waals surface area contributed by atoms with E-state index in [9.17, 15) is 4.79 Å². The normalized spacial score (nSPS) is 34.9. The van der Waals surface area contributed by atoms with Gasteiger partial charge in [0.2, 0.25) is 12.7 Å². The maximum atomic E-state index is 13.2. The summed E-state index contributed by atoms with van der Waals surface area (Å²) in [5, 5.41) is 0. The van der Waals surface area contributed by atoms with E-state index >= 15 is 0 Å². The Morgan fingerprint density at radius 3 is 2.54 bits per heavy atom. The molecular weight excluding hydrogens is 328 g/mol. The first-order valence-electron chi connectivity index (χ1n) is 9.88. The SMILES string of the molecule is CC(C)(C)C(=O)N1C[C@H](c2ccc3c(c2)OCO3)[C@H]2[C@@H]1C1CCN2CC1. The van der Waals surface area contributed by atoms with E-state index < -0.39 is 0 Å². The average Bonchev–Trinajstić information content (AvgIpc) is 3.26. The zero-order chi connectivity index (χ0) is 18.1. The number of hydrogen-bond acceptors (Lipinski definition) is 4. The van der Waals surface area contributed by atoms with Crippen LogP contribution in [0.2, 0.25) is 0 Å². The number of amides is 1. The van der Waals surface area contributed by atoms with Crippen LogP contribution in [0.25, 0.3) is 0 Å². The summed E-state index contributed by atoms with van der Waals surface area (Å²) in [6.45, 7) is 9.59. The molecule has 26 heavy (non-hydrogen) atoms. The van der Waals surface area contributed by atoms with Crippen LogP contribution in [0.4, 0.5) is 0 Å². The highest BCUT2D eigenvalue weighted by Gasteiger charge is 2.55. The summed E-state index contributed by atoms with van der Waals surface area (Å²) in [4.78, 5) is 18.1. The van der Waals surface area contributed by atoms with Crippen molar-refractivity contribution in [2.24, 2.45) is 11.3 Å². The number of ether oxygens (including phenoxy) is 2. The van der Waals surface area contributed by atoms with Gasteiger partial charge in [0, 0.05) is 23.9 Å². The minimum Gasteiger partial charge on any atom is -0.454 e. The third kappa shape index (κ3) is 2.36. The number of fused-ring (bicyclic) bond motifs is 3. The molecular formula is C21H28N2O3. The maximum absolute atomic E-state index is 13.2. The smallest absolute Gasteiger partial charge is 0.231 e. The quantitative estimate of drug-likeness (QED) is 0.776. The zero-order valence-electron chi connectivity index (χ0n) is 15.9. The molecule has 5 heteroatoms. The summed E-state index contributed by atoms with van der Waals surface area (Å²) >= 11 is 0. The predicted molar refractivity (Wildman–Crippen MR) is 98.3 cm³/mol. The lowest BCUT2D eigenvalue weighted by Gasteiger charge is -2.51. The van der Waals surface area contributed by atoms with Crippen molar-refractivity contribution in [3.63, 3.8) is 0 Å². The van der Waals surface area contributed by atoms with Gasteiger partial charge in [0.1, 0.15) is 0 Å². The molecule has 140 valence electrons. The van der Waals surface area contributed by atoms with E-state index in [1.165, 1.54) is 31.5 Å². The van der Waals surface area contributed by atoms with Crippen molar-refractivity contribution in [3.8, 4) is 11.5 Å². The molecule has 2 bridgehead atoms. The first-order valence-corrected chi connectivity index (χ1v) is 9.88. The first-order chi connectivity index (χ1) is 12.4. The molecule has 5 nitrogen and oxygen atoms in total. The van der Waals surface area contributed by atoms with Crippen LogP contribution in [0.1, 0.15) is 45.1 Å². The molecule has 0 saturated carbocycles. The lowest BCUT2D eigenvalue weighted by atomic mass is 9.75. The van der Waals surface area contributed by atoms with E-state index in [4.69, 9.17) is 9.47 Å². The molecule has 1 amide bonds. The first kappa shape index (κ1) is 16.4. The molecule has 0 spiro atoms. The number of benzene rings is 1. The van der Waals surface area contributed by atoms with Gasteiger partial charge in [-0.3, -0.25) is 9.69 Å². The van der Waals surface area contributed by atoms with Gasteiger partial charge in [-0.2, -0.15) is 0 Å². The van der Waals surface area contributed by atoms with Crippen molar-refractivity contribution in [3.05, 3.63) is 23.8 Å². The topological polar surface area (TPSA) is 42.0 Å². The second kappa shape index (κ2) is 5.62. The number of likely N-dealkylation sites (tertiary alicyclic amines) is 1. The van der Waals surface area contributed by atoms with Crippen molar-refractivity contribution in [1.29, 1.82) is 0 Å². The van der Waals surface area contributed by atoms with Crippen molar-refractivity contribution >= 4 is 5.91 Å². The van der Waals surface area contributed by atoms with Crippen LogP contribution >= 0.6 is 0 Å². The lowest BCUT2D eigenvalue weighted by molar-refractivity contribution is -0.144. The molecule has 5 aliphatic heterocycles. The summed E-state index contributed by atoms with van der Waals surface area (Å²) in [6, 6.07) is 7.13. The van der Waals surface area contributed by atoms with Crippen LogP contribution in [-0.4, -0.2) is 54.2 Å². The highest BCUT2D eigenvalue weighted by molar-refractivity contribution is 5.82. The minimum absolute atomic E-state index is 0.296. The fraction of sp³-hybridized carbons (Fsp3) is 0.667. The van der Waals surface area contributed by atoms with E-state index in [2.05, 4.69) is 21.9 Å². The van der Waals surface area contributed by atoms with Gasteiger partial charge in [-0.05, 0) is 49.5 Å². The van der Waals surface area contributed by atoms with Crippen molar-refractivity contribution in [2.75, 3.05) is 26.4 Å². The third-order valence-electron chi connectivity index (χ3n) is 6.72. The van der Waals surface area contributed by atoms with Gasteiger partial charge < -0.3 is 14.4 Å². The molecule has 0 unspecified atom stereocenters. The van der Waals surface area contributed by atoms with Gasteiger partial charge in [0.25, 0.3) is 0 Å². The van der Waals surface area contributed by atoms with Crippen LogP contribution in [0.5, 0.6) is 11.5 Å². The standard InChI is InChI=1S/C21H28N2O3/c1-21(2,3)20(24)23-11-15(14-4-5-16-17(10-14)26-12-25-16)19-18(23)13-6-8-22(19)9-7-13/h4-5,10,13,15,18-19H,6-9,11-12H2,1-3H3/t15-,18+,19+/m1/s1. The number of rotatable bonds is 1. The Morgan fingerprint density at radius 1 is 1.08 bits per heavy atom. The molecule has 3 atom stereocenters. The fourth-order valence-electron chi connectivity index (χ4n) is 5.52. The van der Waals surface area contributed by atoms with Crippen LogP contribution in [0, 0.1) is 11.3 Å². The van der Waals surface area contributed by atoms with E-state index in [1.54, 1.807) is 0 Å². The van der Waals surface area contributed by atoms with Gasteiger partial charge in [-0.1, -0.05) is 26.8 Å². The highest BCUT2D eigenvalue weighted by Crippen LogP contribution is 2.48. The lowest BCUT2D eigenvalue weighted by Crippen LogP contribution is -2.61. The Balaban J connectivity index is 1.53. The van der Waals surface area contributed by atoms with Crippen LogP contribution < -0.4 is 9.47 Å². The Labute approximate surface area is 155 Å². The summed E-state index contributed by atoms with van der Waals surface area (Å²) in [5.74, 6) is 2.97. The molecule has 0 N–H and O–H groups in total. The molecule has 5 heterocycles. The summed E-state index contributed by atoms with van der Waals surface area (Å²) < 4.78 is 11.1. The monoisotopic (exact) mass is 356 g/mol. The number of nitrogens with zero attached hydrogens (tertiary/aromatic N) is 2. The van der Waals surface area contributed by atoms with Crippen molar-refractivity contribution in [1.82, 2.24) is 9.80 Å². The molecule has 6 rings (SSSR count). The molecule has 1 aromatic carbocycles. The minimum atomic E-state index is -0.333. The maximum Gasteiger partial charge on any atom is 0.231 e. The van der Waals surface area contributed by atoms with Gasteiger partial charge >= 0.3 is 0 Å². The summed E-state index contributed by atoms with van der Waals surface area (Å²) in [7, 11) is 0. The van der Waals surface area contributed by atoms with Gasteiger partial charge in [0.05, 0.1) is 6.04 Å². The molecule has 4 fully saturated rings. The zero-order valence-corrected chi connectivity index (χ0v) is 15.9. The number of hydrogen-bond donors (Lipinski definition) is 0. The third-order valence-corrected chi connectivity index (χ3v) is 6.72. The van der Waals surface area contributed by atoms with Gasteiger partial charge in [-0.25, -0.2) is 0 Å². The second-order valence-corrected chi connectivity index (χ2v) is 9.28. The van der Waals surface area contributed by atoms with E-state index in [0.717, 1.165) is 18.0 Å². The molecule has 0 aromatic heterocycles. The highest BCUT2D eigenvalue weighted by atomic mass is 16.7. The molecule has 1 aromatic rings. The molecule has 5 aliphatic rings. The summed E-state index contributed by atoms with van der Waals surface area (Å²) in [6.07, 6.45) is 2.45. The molecule has 0 aliphatic carbocycles. The second-order valence-electron chi connectivity index (χ2n) is 9.28. The van der Waals surface area contributed by atoms with Crippen molar-refractivity contribution in [2.45, 2.75) is 51.6 Å². The fourth-order valence-corrected chi connectivity index (χ4v) is 5.52. The number of carbonyl (C=O) groups excluding carboxylic acids is 1. The van der Waals surface area contributed by atoms with E-state index in [-0.39, 0.29) is 5.41 Å². The van der Waals surface area contributed by atoms with Crippen LogP contribution in [0.3, 0.4) is 0 Å². The van der Waals surface area contributed by atoms with E-state index in [0.29, 0.717) is 36.6 Å². The largest absolute Gasteiger partial charge is 0.454 e. The Kier molecular flexibility index (Phi) is 3.55. The number of carbonyl (C=O) groups is 1.